The monoisotopic (exact) mass is 337 g/mol. The SMILES string of the molecule is NC(=O)CCCOS(=O)(=O)c1ccccc1-c1ccc(F)cc1. The molecule has 7 heteroatoms. The van der Waals surface area contributed by atoms with E-state index in [2.05, 4.69) is 0 Å². The molecule has 0 atom stereocenters. The molecule has 0 aliphatic rings. The highest BCUT2D eigenvalue weighted by Gasteiger charge is 2.20. The maximum atomic E-state index is 13.0. The Morgan fingerprint density at radius 1 is 1.09 bits per heavy atom. The topological polar surface area (TPSA) is 86.5 Å². The molecule has 0 aliphatic heterocycles. The van der Waals surface area contributed by atoms with E-state index >= 15 is 0 Å². The van der Waals surface area contributed by atoms with Gasteiger partial charge in [-0.2, -0.15) is 8.42 Å². The smallest absolute Gasteiger partial charge is 0.297 e. The fourth-order valence-electron chi connectivity index (χ4n) is 2.03. The van der Waals surface area contributed by atoms with Crippen molar-refractivity contribution in [2.24, 2.45) is 5.73 Å². The van der Waals surface area contributed by atoms with E-state index in [-0.39, 0.29) is 24.3 Å². The second kappa shape index (κ2) is 7.34. The van der Waals surface area contributed by atoms with Crippen molar-refractivity contribution in [3.8, 4) is 11.1 Å². The molecule has 0 saturated carbocycles. The lowest BCUT2D eigenvalue weighted by Crippen LogP contribution is -2.13. The van der Waals surface area contributed by atoms with Crippen molar-refractivity contribution < 1.29 is 21.8 Å². The molecule has 5 nitrogen and oxygen atoms in total. The minimum Gasteiger partial charge on any atom is -0.370 e. The average Bonchev–Trinajstić information content (AvgIpc) is 2.52. The number of nitrogens with two attached hydrogens (primary N) is 1. The summed E-state index contributed by atoms with van der Waals surface area (Å²) in [6.45, 7) is -0.136. The zero-order valence-corrected chi connectivity index (χ0v) is 13.1. The summed E-state index contributed by atoms with van der Waals surface area (Å²) in [5.41, 5.74) is 5.97. The third-order valence-electron chi connectivity index (χ3n) is 3.12. The van der Waals surface area contributed by atoms with Crippen molar-refractivity contribution >= 4 is 16.0 Å². The number of carbonyl (C=O) groups excluding carboxylic acids is 1. The Labute approximate surface area is 134 Å². The van der Waals surface area contributed by atoms with Crippen molar-refractivity contribution in [1.29, 1.82) is 0 Å². The molecule has 122 valence electrons. The number of hydrogen-bond donors (Lipinski definition) is 1. The van der Waals surface area contributed by atoms with Gasteiger partial charge in [0.2, 0.25) is 5.91 Å². The number of carbonyl (C=O) groups is 1. The lowest BCUT2D eigenvalue weighted by atomic mass is 10.1. The van der Waals surface area contributed by atoms with Crippen LogP contribution in [-0.4, -0.2) is 20.9 Å². The Hall–Kier alpha value is -2.25. The van der Waals surface area contributed by atoms with E-state index in [1.54, 1.807) is 18.2 Å². The number of halogens is 1. The molecule has 0 aromatic heterocycles. The van der Waals surface area contributed by atoms with Crippen molar-refractivity contribution in [1.82, 2.24) is 0 Å². The molecule has 0 aliphatic carbocycles. The Morgan fingerprint density at radius 2 is 1.74 bits per heavy atom. The van der Waals surface area contributed by atoms with Crippen LogP contribution in [0.5, 0.6) is 0 Å². The molecular formula is C16H16FNO4S. The molecule has 0 bridgehead atoms. The van der Waals surface area contributed by atoms with E-state index in [4.69, 9.17) is 9.92 Å². The normalized spacial score (nSPS) is 11.3. The van der Waals surface area contributed by atoms with Gasteiger partial charge in [-0.1, -0.05) is 30.3 Å². The first-order chi connectivity index (χ1) is 10.9. The van der Waals surface area contributed by atoms with E-state index < -0.39 is 21.8 Å². The van der Waals surface area contributed by atoms with Gasteiger partial charge in [-0.05, 0) is 30.2 Å². The highest BCUT2D eigenvalue weighted by atomic mass is 32.2. The summed E-state index contributed by atoms with van der Waals surface area (Å²) in [7, 11) is -3.99. The second-order valence-electron chi connectivity index (χ2n) is 4.85. The molecule has 2 aromatic rings. The van der Waals surface area contributed by atoms with Gasteiger partial charge in [0.15, 0.2) is 0 Å². The molecule has 2 aromatic carbocycles. The van der Waals surface area contributed by atoms with Crippen molar-refractivity contribution in [3.05, 3.63) is 54.3 Å². The second-order valence-corrected chi connectivity index (χ2v) is 6.43. The van der Waals surface area contributed by atoms with E-state index in [1.807, 2.05) is 0 Å². The Kier molecular flexibility index (Phi) is 5.46. The van der Waals surface area contributed by atoms with E-state index in [9.17, 15) is 17.6 Å². The van der Waals surface area contributed by atoms with Crippen LogP contribution in [0.3, 0.4) is 0 Å². The zero-order valence-electron chi connectivity index (χ0n) is 12.2. The van der Waals surface area contributed by atoms with Crippen LogP contribution in [0, 0.1) is 5.82 Å². The van der Waals surface area contributed by atoms with E-state index in [0.717, 1.165) is 0 Å². The molecule has 1 amide bonds. The highest BCUT2D eigenvalue weighted by molar-refractivity contribution is 7.87. The van der Waals surface area contributed by atoms with Gasteiger partial charge in [0, 0.05) is 12.0 Å². The molecule has 2 N–H and O–H groups in total. The van der Waals surface area contributed by atoms with Crippen LogP contribution in [0.1, 0.15) is 12.8 Å². The fourth-order valence-corrected chi connectivity index (χ4v) is 3.20. The van der Waals surface area contributed by atoms with Gasteiger partial charge in [0.25, 0.3) is 10.1 Å². The van der Waals surface area contributed by atoms with Crippen LogP contribution in [0.25, 0.3) is 11.1 Å². The quantitative estimate of drug-likeness (QED) is 0.621. The van der Waals surface area contributed by atoms with Gasteiger partial charge in [-0.3, -0.25) is 8.98 Å². The van der Waals surface area contributed by atoms with Crippen LogP contribution >= 0.6 is 0 Å². The third kappa shape index (κ3) is 4.61. The van der Waals surface area contributed by atoms with Crippen LogP contribution < -0.4 is 5.73 Å². The van der Waals surface area contributed by atoms with E-state index in [0.29, 0.717) is 11.1 Å². The summed E-state index contributed by atoms with van der Waals surface area (Å²) in [5.74, 6) is -0.922. The fraction of sp³-hybridized carbons (Fsp3) is 0.188. The molecule has 2 rings (SSSR count). The largest absolute Gasteiger partial charge is 0.370 e. The number of rotatable bonds is 7. The number of benzene rings is 2. The minimum absolute atomic E-state index is 0.00863. The summed E-state index contributed by atoms with van der Waals surface area (Å²) in [6.07, 6.45) is 0.266. The number of hydrogen-bond acceptors (Lipinski definition) is 4. The third-order valence-corrected chi connectivity index (χ3v) is 4.49. The first kappa shape index (κ1) is 17.1. The first-order valence-corrected chi connectivity index (χ1v) is 8.34. The Bertz CT molecular complexity index is 788. The highest BCUT2D eigenvalue weighted by Crippen LogP contribution is 2.28. The van der Waals surface area contributed by atoms with Crippen molar-refractivity contribution in [2.75, 3.05) is 6.61 Å². The summed E-state index contributed by atoms with van der Waals surface area (Å²) in [4.78, 5) is 10.6. The lowest BCUT2D eigenvalue weighted by Gasteiger charge is -2.10. The summed E-state index contributed by atoms with van der Waals surface area (Å²) in [5, 5.41) is 0. The van der Waals surface area contributed by atoms with Crippen molar-refractivity contribution in [2.45, 2.75) is 17.7 Å². The van der Waals surface area contributed by atoms with Gasteiger partial charge < -0.3 is 5.73 Å². The summed E-state index contributed by atoms with van der Waals surface area (Å²) < 4.78 is 42.6. The maximum absolute atomic E-state index is 13.0. The molecule has 0 saturated heterocycles. The van der Waals surface area contributed by atoms with Gasteiger partial charge in [-0.15, -0.1) is 0 Å². The maximum Gasteiger partial charge on any atom is 0.297 e. The van der Waals surface area contributed by atoms with Crippen LogP contribution in [0.15, 0.2) is 53.4 Å². The zero-order chi connectivity index (χ0) is 16.9. The van der Waals surface area contributed by atoms with Gasteiger partial charge in [-0.25, -0.2) is 4.39 Å². The van der Waals surface area contributed by atoms with Crippen molar-refractivity contribution in [3.63, 3.8) is 0 Å². The average molecular weight is 337 g/mol. The van der Waals surface area contributed by atoms with Gasteiger partial charge >= 0.3 is 0 Å². The number of primary amides is 1. The number of amides is 1. The van der Waals surface area contributed by atoms with E-state index in [1.165, 1.54) is 30.3 Å². The minimum atomic E-state index is -3.99. The molecule has 0 spiro atoms. The predicted molar refractivity (Wildman–Crippen MR) is 83.4 cm³/mol. The molecule has 0 unspecified atom stereocenters. The first-order valence-electron chi connectivity index (χ1n) is 6.93. The van der Waals surface area contributed by atoms with Crippen LogP contribution in [0.4, 0.5) is 4.39 Å². The van der Waals surface area contributed by atoms with Gasteiger partial charge in [0.1, 0.15) is 10.7 Å². The Morgan fingerprint density at radius 3 is 2.39 bits per heavy atom. The predicted octanol–water partition coefficient (Wildman–Crippen LogP) is 2.46. The molecule has 0 heterocycles. The standard InChI is InChI=1S/C16H16FNO4S/c17-13-9-7-12(8-10-13)14-4-1-2-5-15(14)23(20,21)22-11-3-6-16(18)19/h1-2,4-5,7-10H,3,6,11H2,(H2,18,19). The van der Waals surface area contributed by atoms with Gasteiger partial charge in [0.05, 0.1) is 6.61 Å². The summed E-state index contributed by atoms with van der Waals surface area (Å²) in [6, 6.07) is 11.8. The lowest BCUT2D eigenvalue weighted by molar-refractivity contribution is -0.118. The molecular weight excluding hydrogens is 321 g/mol. The van der Waals surface area contributed by atoms with Crippen LogP contribution in [0.2, 0.25) is 0 Å². The van der Waals surface area contributed by atoms with Crippen LogP contribution in [-0.2, 0) is 19.1 Å². The molecule has 0 fully saturated rings. The summed E-state index contributed by atoms with van der Waals surface area (Å²) >= 11 is 0. The molecule has 0 radical (unpaired) electrons. The Balaban J connectivity index is 2.25. The molecule has 23 heavy (non-hydrogen) atoms.